The molecule has 0 bridgehead atoms. The average molecular weight is 211 g/mol. The molecule has 0 heterocycles. The number of rotatable bonds is 4. The van der Waals surface area contributed by atoms with E-state index in [0.717, 1.165) is 0 Å². The van der Waals surface area contributed by atoms with Crippen molar-refractivity contribution in [3.8, 4) is 0 Å². The lowest BCUT2D eigenvalue weighted by Gasteiger charge is -2.03. The van der Waals surface area contributed by atoms with Crippen molar-refractivity contribution >= 4 is 30.1 Å². The number of nitrogens with two attached hydrogens (primary N) is 1. The van der Waals surface area contributed by atoms with E-state index in [1.807, 2.05) is 13.2 Å². The molecule has 0 saturated carbocycles. The van der Waals surface area contributed by atoms with Gasteiger partial charge in [-0.05, 0) is 18.6 Å². The van der Waals surface area contributed by atoms with Crippen LogP contribution in [-0.4, -0.2) is 24.7 Å². The number of nitrogens with one attached hydrogen (secondary N) is 1. The van der Waals surface area contributed by atoms with E-state index >= 15 is 0 Å². The first-order valence-corrected chi connectivity index (χ1v) is 4.68. The molecule has 3 N–H and O–H groups in total. The molecule has 0 saturated heterocycles. The SMILES string of the molecule is CS/C=C/C(=O)NCC(C)N.Cl. The van der Waals surface area contributed by atoms with Gasteiger partial charge in [-0.25, -0.2) is 0 Å². The molecule has 1 amide bonds. The van der Waals surface area contributed by atoms with Gasteiger partial charge < -0.3 is 11.1 Å². The summed E-state index contributed by atoms with van der Waals surface area (Å²) in [5.41, 5.74) is 5.43. The van der Waals surface area contributed by atoms with Crippen LogP contribution in [-0.2, 0) is 4.79 Å². The van der Waals surface area contributed by atoms with Gasteiger partial charge in [-0.15, -0.1) is 24.2 Å². The highest BCUT2D eigenvalue weighted by molar-refractivity contribution is 8.01. The minimum absolute atomic E-state index is 0. The average Bonchev–Trinajstić information content (AvgIpc) is 1.97. The zero-order chi connectivity index (χ0) is 8.69. The summed E-state index contributed by atoms with van der Waals surface area (Å²) in [7, 11) is 0. The summed E-state index contributed by atoms with van der Waals surface area (Å²) in [5.74, 6) is -0.0864. The highest BCUT2D eigenvalue weighted by Crippen LogP contribution is 1.91. The van der Waals surface area contributed by atoms with Crippen molar-refractivity contribution in [2.24, 2.45) is 5.73 Å². The molecule has 0 aliphatic rings. The van der Waals surface area contributed by atoms with E-state index in [-0.39, 0.29) is 24.4 Å². The second-order valence-corrected chi connectivity index (χ2v) is 3.00. The summed E-state index contributed by atoms with van der Waals surface area (Å²) in [6.45, 7) is 2.37. The largest absolute Gasteiger partial charge is 0.351 e. The lowest BCUT2D eigenvalue weighted by atomic mass is 10.3. The number of thioether (sulfide) groups is 1. The van der Waals surface area contributed by atoms with Crippen molar-refractivity contribution in [3.05, 3.63) is 11.5 Å². The van der Waals surface area contributed by atoms with Crippen LogP contribution in [0.3, 0.4) is 0 Å². The van der Waals surface area contributed by atoms with E-state index in [1.165, 1.54) is 17.8 Å². The van der Waals surface area contributed by atoms with Crippen molar-refractivity contribution in [2.45, 2.75) is 13.0 Å². The fraction of sp³-hybridized carbons (Fsp3) is 0.571. The number of carbonyl (C=O) groups excluding carboxylic acids is 1. The minimum atomic E-state index is -0.0864. The third-order valence-corrected chi connectivity index (χ3v) is 1.36. The van der Waals surface area contributed by atoms with Crippen LogP contribution >= 0.6 is 24.2 Å². The third kappa shape index (κ3) is 9.81. The fourth-order valence-electron chi connectivity index (χ4n) is 0.450. The van der Waals surface area contributed by atoms with Crippen LogP contribution in [0.25, 0.3) is 0 Å². The molecule has 0 rings (SSSR count). The van der Waals surface area contributed by atoms with Gasteiger partial charge in [0.2, 0.25) is 5.91 Å². The summed E-state index contributed by atoms with van der Waals surface area (Å²) in [6.07, 6.45) is 3.39. The quantitative estimate of drug-likeness (QED) is 0.674. The Bertz CT molecular complexity index is 150. The van der Waals surface area contributed by atoms with E-state index in [2.05, 4.69) is 5.32 Å². The van der Waals surface area contributed by atoms with Crippen LogP contribution in [0.15, 0.2) is 11.5 Å². The molecule has 3 nitrogen and oxygen atoms in total. The van der Waals surface area contributed by atoms with Crippen molar-refractivity contribution in [1.29, 1.82) is 0 Å². The minimum Gasteiger partial charge on any atom is -0.351 e. The van der Waals surface area contributed by atoms with Crippen molar-refractivity contribution in [2.75, 3.05) is 12.8 Å². The maximum absolute atomic E-state index is 10.8. The molecule has 1 atom stereocenters. The molecule has 0 spiro atoms. The molecule has 0 radical (unpaired) electrons. The second-order valence-electron chi connectivity index (χ2n) is 2.26. The van der Waals surface area contributed by atoms with Crippen LogP contribution in [0.2, 0.25) is 0 Å². The van der Waals surface area contributed by atoms with Crippen molar-refractivity contribution < 1.29 is 4.79 Å². The van der Waals surface area contributed by atoms with E-state index < -0.39 is 0 Å². The molecule has 0 aromatic heterocycles. The van der Waals surface area contributed by atoms with Crippen LogP contribution in [0.5, 0.6) is 0 Å². The predicted molar refractivity (Wildman–Crippen MR) is 56.6 cm³/mol. The summed E-state index contributed by atoms with van der Waals surface area (Å²) in [6, 6.07) is 0.0154. The molecule has 12 heavy (non-hydrogen) atoms. The monoisotopic (exact) mass is 210 g/mol. The summed E-state index contributed by atoms with van der Waals surface area (Å²) < 4.78 is 0. The Hall–Kier alpha value is -0.190. The van der Waals surface area contributed by atoms with E-state index in [9.17, 15) is 4.79 Å². The lowest BCUT2D eigenvalue weighted by Crippen LogP contribution is -2.34. The zero-order valence-electron chi connectivity index (χ0n) is 7.24. The van der Waals surface area contributed by atoms with Crippen molar-refractivity contribution in [1.82, 2.24) is 5.32 Å². The molecular weight excluding hydrogens is 196 g/mol. The van der Waals surface area contributed by atoms with Crippen molar-refractivity contribution in [3.63, 3.8) is 0 Å². The Morgan fingerprint density at radius 2 is 2.33 bits per heavy atom. The lowest BCUT2D eigenvalue weighted by molar-refractivity contribution is -0.116. The Morgan fingerprint density at radius 3 is 2.75 bits per heavy atom. The van der Waals surface area contributed by atoms with Gasteiger partial charge >= 0.3 is 0 Å². The van der Waals surface area contributed by atoms with Gasteiger partial charge in [0.1, 0.15) is 0 Å². The molecule has 0 fully saturated rings. The molecule has 0 aliphatic carbocycles. The van der Waals surface area contributed by atoms with Crippen LogP contribution in [0.1, 0.15) is 6.92 Å². The molecule has 1 unspecified atom stereocenters. The Labute approximate surface area is 83.6 Å². The number of halogens is 1. The number of hydrogen-bond acceptors (Lipinski definition) is 3. The van der Waals surface area contributed by atoms with Gasteiger partial charge in [-0.2, -0.15) is 0 Å². The second kappa shape index (κ2) is 8.90. The van der Waals surface area contributed by atoms with E-state index in [1.54, 1.807) is 5.41 Å². The topological polar surface area (TPSA) is 55.1 Å². The van der Waals surface area contributed by atoms with E-state index in [4.69, 9.17) is 5.73 Å². The first kappa shape index (κ1) is 14.3. The van der Waals surface area contributed by atoms with Gasteiger partial charge in [-0.3, -0.25) is 4.79 Å². The maximum Gasteiger partial charge on any atom is 0.244 e. The predicted octanol–water partition coefficient (Wildman–Crippen LogP) is 0.748. The van der Waals surface area contributed by atoms with Crippen LogP contribution in [0.4, 0.5) is 0 Å². The van der Waals surface area contributed by atoms with Gasteiger partial charge in [0.05, 0.1) is 0 Å². The van der Waals surface area contributed by atoms with Crippen LogP contribution < -0.4 is 11.1 Å². The van der Waals surface area contributed by atoms with Gasteiger partial charge in [0.25, 0.3) is 0 Å². The number of carbonyl (C=O) groups is 1. The third-order valence-electron chi connectivity index (χ3n) is 0.954. The Balaban J connectivity index is 0. The van der Waals surface area contributed by atoms with Gasteiger partial charge in [0, 0.05) is 18.7 Å². The first-order chi connectivity index (χ1) is 5.16. The van der Waals surface area contributed by atoms with Crippen LogP contribution in [0, 0.1) is 0 Å². The molecule has 72 valence electrons. The fourth-order valence-corrected chi connectivity index (χ4v) is 0.710. The maximum atomic E-state index is 10.8. The Kier molecular flexibility index (Phi) is 10.6. The molecule has 0 aromatic rings. The molecular formula is C7H15ClN2OS. The normalized spacial score (nSPS) is 12.2. The van der Waals surface area contributed by atoms with Gasteiger partial charge in [0.15, 0.2) is 0 Å². The molecule has 0 aromatic carbocycles. The summed E-state index contributed by atoms with van der Waals surface area (Å²) in [4.78, 5) is 10.8. The number of amides is 1. The Morgan fingerprint density at radius 1 is 1.75 bits per heavy atom. The smallest absolute Gasteiger partial charge is 0.244 e. The highest BCUT2D eigenvalue weighted by atomic mass is 35.5. The highest BCUT2D eigenvalue weighted by Gasteiger charge is 1.95. The summed E-state index contributed by atoms with van der Waals surface area (Å²) >= 11 is 1.49. The molecule has 0 aliphatic heterocycles. The standard InChI is InChI=1S/C7H14N2OS.ClH/c1-6(8)5-9-7(10)3-4-11-2;/h3-4,6H,5,8H2,1-2H3,(H,9,10);1H/b4-3+;. The zero-order valence-corrected chi connectivity index (χ0v) is 8.87. The summed E-state index contributed by atoms with van der Waals surface area (Å²) in [5, 5.41) is 4.39. The first-order valence-electron chi connectivity index (χ1n) is 3.39. The number of hydrogen-bond donors (Lipinski definition) is 2. The van der Waals surface area contributed by atoms with Gasteiger partial charge in [-0.1, -0.05) is 0 Å². The van der Waals surface area contributed by atoms with E-state index in [0.29, 0.717) is 6.54 Å². The molecule has 5 heteroatoms.